The first-order valence-corrected chi connectivity index (χ1v) is 6.80. The molecular weight excluding hydrogens is 305 g/mol. The SMILES string of the molecule is COC(=O)/C(=C/c1ccc(OC)cc1F)NC(=O)OC(C)(C)C. The van der Waals surface area contributed by atoms with Gasteiger partial charge in [-0.2, -0.15) is 0 Å². The smallest absolute Gasteiger partial charge is 0.412 e. The van der Waals surface area contributed by atoms with E-state index < -0.39 is 23.5 Å². The van der Waals surface area contributed by atoms with Gasteiger partial charge in [0.2, 0.25) is 0 Å². The summed E-state index contributed by atoms with van der Waals surface area (Å²) in [4.78, 5) is 23.5. The first-order valence-electron chi connectivity index (χ1n) is 6.80. The number of amides is 1. The molecule has 0 saturated heterocycles. The van der Waals surface area contributed by atoms with E-state index in [1.807, 2.05) is 0 Å². The number of carbonyl (C=O) groups is 2. The van der Waals surface area contributed by atoms with Crippen LogP contribution in [-0.4, -0.2) is 31.9 Å². The Hall–Kier alpha value is -2.57. The molecule has 1 aromatic carbocycles. The summed E-state index contributed by atoms with van der Waals surface area (Å²) in [6.45, 7) is 5.03. The fourth-order valence-electron chi connectivity index (χ4n) is 1.58. The molecule has 0 atom stereocenters. The van der Waals surface area contributed by atoms with E-state index in [1.165, 1.54) is 19.2 Å². The third-order valence-electron chi connectivity index (χ3n) is 2.55. The molecule has 0 aliphatic rings. The molecule has 0 radical (unpaired) electrons. The highest BCUT2D eigenvalue weighted by Gasteiger charge is 2.20. The minimum atomic E-state index is -0.844. The fourth-order valence-corrected chi connectivity index (χ4v) is 1.58. The Morgan fingerprint density at radius 1 is 1.22 bits per heavy atom. The van der Waals surface area contributed by atoms with Gasteiger partial charge in [-0.15, -0.1) is 0 Å². The van der Waals surface area contributed by atoms with Crippen LogP contribution in [0.3, 0.4) is 0 Å². The monoisotopic (exact) mass is 325 g/mol. The number of methoxy groups -OCH3 is 2. The molecular formula is C16H20FNO5. The van der Waals surface area contributed by atoms with Crippen molar-refractivity contribution in [1.82, 2.24) is 5.32 Å². The van der Waals surface area contributed by atoms with Gasteiger partial charge in [0.1, 0.15) is 22.9 Å². The fraction of sp³-hybridized carbons (Fsp3) is 0.375. The Morgan fingerprint density at radius 3 is 2.35 bits per heavy atom. The molecule has 0 saturated carbocycles. The second-order valence-electron chi connectivity index (χ2n) is 5.56. The van der Waals surface area contributed by atoms with Crippen molar-refractivity contribution < 1.29 is 28.2 Å². The third kappa shape index (κ3) is 5.98. The van der Waals surface area contributed by atoms with Gasteiger partial charge in [-0.25, -0.2) is 14.0 Å². The largest absolute Gasteiger partial charge is 0.497 e. The van der Waals surface area contributed by atoms with Crippen molar-refractivity contribution in [3.63, 3.8) is 0 Å². The van der Waals surface area contributed by atoms with E-state index >= 15 is 0 Å². The van der Waals surface area contributed by atoms with E-state index in [0.717, 1.165) is 19.3 Å². The van der Waals surface area contributed by atoms with E-state index in [9.17, 15) is 14.0 Å². The number of halogens is 1. The molecule has 1 aromatic rings. The lowest BCUT2D eigenvalue weighted by molar-refractivity contribution is -0.136. The Kier molecular flexibility index (Phi) is 6.12. The van der Waals surface area contributed by atoms with Gasteiger partial charge in [0.25, 0.3) is 0 Å². The van der Waals surface area contributed by atoms with Crippen molar-refractivity contribution in [3.05, 3.63) is 35.3 Å². The molecule has 1 rings (SSSR count). The van der Waals surface area contributed by atoms with Gasteiger partial charge in [0.15, 0.2) is 0 Å². The lowest BCUT2D eigenvalue weighted by atomic mass is 10.1. The van der Waals surface area contributed by atoms with Crippen molar-refractivity contribution in [1.29, 1.82) is 0 Å². The summed E-state index contributed by atoms with van der Waals surface area (Å²) in [7, 11) is 2.56. The maximum absolute atomic E-state index is 14.0. The van der Waals surface area contributed by atoms with Gasteiger partial charge in [0.05, 0.1) is 14.2 Å². The summed E-state index contributed by atoms with van der Waals surface area (Å²) >= 11 is 0. The van der Waals surface area contributed by atoms with E-state index in [0.29, 0.717) is 5.75 Å². The zero-order valence-corrected chi connectivity index (χ0v) is 13.7. The van der Waals surface area contributed by atoms with Crippen LogP contribution in [0.4, 0.5) is 9.18 Å². The molecule has 0 fully saturated rings. The number of carbonyl (C=O) groups excluding carboxylic acids is 2. The van der Waals surface area contributed by atoms with Gasteiger partial charge in [-0.05, 0) is 39.0 Å². The van der Waals surface area contributed by atoms with Gasteiger partial charge in [-0.3, -0.25) is 5.32 Å². The standard InChI is InChI=1S/C16H20FNO5/c1-16(2,3)23-15(20)18-13(14(19)22-5)8-10-6-7-11(21-4)9-12(10)17/h6-9H,1-5H3,(H,18,20)/b13-8-. The molecule has 0 spiro atoms. The van der Waals surface area contributed by atoms with Gasteiger partial charge < -0.3 is 14.2 Å². The van der Waals surface area contributed by atoms with Crippen LogP contribution in [0.1, 0.15) is 26.3 Å². The zero-order valence-electron chi connectivity index (χ0n) is 13.7. The second-order valence-corrected chi connectivity index (χ2v) is 5.56. The molecule has 23 heavy (non-hydrogen) atoms. The summed E-state index contributed by atoms with van der Waals surface area (Å²) in [5.41, 5.74) is -0.899. The maximum Gasteiger partial charge on any atom is 0.412 e. The van der Waals surface area contributed by atoms with Crippen LogP contribution in [-0.2, 0) is 14.3 Å². The molecule has 0 aliphatic heterocycles. The third-order valence-corrected chi connectivity index (χ3v) is 2.55. The molecule has 1 amide bonds. The molecule has 0 aliphatic carbocycles. The first kappa shape index (κ1) is 18.5. The van der Waals surface area contributed by atoms with Gasteiger partial charge in [0, 0.05) is 11.6 Å². The first-order chi connectivity index (χ1) is 10.7. The molecule has 6 nitrogen and oxygen atoms in total. The summed E-state index contributed by atoms with van der Waals surface area (Å²) in [5.74, 6) is -1.11. The van der Waals surface area contributed by atoms with Crippen molar-refractivity contribution in [2.75, 3.05) is 14.2 Å². The van der Waals surface area contributed by atoms with Crippen LogP contribution < -0.4 is 10.1 Å². The number of hydrogen-bond donors (Lipinski definition) is 1. The van der Waals surface area contributed by atoms with E-state index in [2.05, 4.69) is 10.1 Å². The highest BCUT2D eigenvalue weighted by atomic mass is 19.1. The van der Waals surface area contributed by atoms with Crippen LogP contribution in [0.2, 0.25) is 0 Å². The number of benzene rings is 1. The van der Waals surface area contributed by atoms with Crippen molar-refractivity contribution >= 4 is 18.1 Å². The highest BCUT2D eigenvalue weighted by molar-refractivity contribution is 5.96. The predicted molar refractivity (Wildman–Crippen MR) is 82.3 cm³/mol. The Labute approximate surface area is 134 Å². The number of rotatable bonds is 4. The molecule has 0 unspecified atom stereocenters. The number of ether oxygens (including phenoxy) is 3. The topological polar surface area (TPSA) is 73.9 Å². The summed E-state index contributed by atoms with van der Waals surface area (Å²) in [6, 6.07) is 4.10. The van der Waals surface area contributed by atoms with E-state index in [1.54, 1.807) is 20.8 Å². The highest BCUT2D eigenvalue weighted by Crippen LogP contribution is 2.18. The van der Waals surface area contributed by atoms with Crippen LogP contribution in [0.15, 0.2) is 23.9 Å². The lowest BCUT2D eigenvalue weighted by Crippen LogP contribution is -2.34. The maximum atomic E-state index is 14.0. The summed E-state index contributed by atoms with van der Waals surface area (Å²) < 4.78 is 28.5. The normalized spacial score (nSPS) is 11.7. The minimum absolute atomic E-state index is 0.0854. The average molecular weight is 325 g/mol. The Bertz CT molecular complexity index is 619. The molecule has 0 heterocycles. The molecule has 7 heteroatoms. The Balaban J connectivity index is 3.07. The minimum Gasteiger partial charge on any atom is -0.497 e. The van der Waals surface area contributed by atoms with Crippen LogP contribution in [0.25, 0.3) is 6.08 Å². The number of alkyl carbamates (subject to hydrolysis) is 1. The lowest BCUT2D eigenvalue weighted by Gasteiger charge is -2.20. The molecule has 0 aromatic heterocycles. The van der Waals surface area contributed by atoms with Crippen molar-refractivity contribution in [2.24, 2.45) is 0 Å². The molecule has 126 valence electrons. The number of esters is 1. The predicted octanol–water partition coefficient (Wildman–Crippen LogP) is 2.87. The van der Waals surface area contributed by atoms with Crippen molar-refractivity contribution in [3.8, 4) is 5.75 Å². The van der Waals surface area contributed by atoms with Gasteiger partial charge >= 0.3 is 12.1 Å². The Morgan fingerprint density at radius 2 is 1.87 bits per heavy atom. The van der Waals surface area contributed by atoms with Crippen LogP contribution in [0, 0.1) is 5.82 Å². The number of hydrogen-bond acceptors (Lipinski definition) is 5. The van der Waals surface area contributed by atoms with Crippen molar-refractivity contribution in [2.45, 2.75) is 26.4 Å². The zero-order chi connectivity index (χ0) is 17.6. The quantitative estimate of drug-likeness (QED) is 0.680. The van der Waals surface area contributed by atoms with E-state index in [-0.39, 0.29) is 11.3 Å². The van der Waals surface area contributed by atoms with Crippen LogP contribution >= 0.6 is 0 Å². The summed E-state index contributed by atoms with van der Waals surface area (Å²) in [6.07, 6.45) is 0.313. The average Bonchev–Trinajstić information content (AvgIpc) is 2.45. The van der Waals surface area contributed by atoms with Gasteiger partial charge in [-0.1, -0.05) is 0 Å². The summed E-state index contributed by atoms with van der Waals surface area (Å²) in [5, 5.41) is 2.26. The van der Waals surface area contributed by atoms with E-state index in [4.69, 9.17) is 9.47 Å². The number of nitrogens with one attached hydrogen (secondary N) is 1. The molecule has 0 bridgehead atoms. The molecule has 1 N–H and O–H groups in total. The van der Waals surface area contributed by atoms with Crippen LogP contribution in [0.5, 0.6) is 5.75 Å². The second kappa shape index (κ2) is 7.62.